The standard InChI is InChI=1S/C8H13NS.C2H6/c1-2-3-4-5-8-9-6-7-10-8;1-2/h4-5H,2-3,6-7H2,1H3;1-2H3/b5-4+;. The Morgan fingerprint density at radius 3 is 2.75 bits per heavy atom. The highest BCUT2D eigenvalue weighted by atomic mass is 32.2. The fourth-order valence-electron chi connectivity index (χ4n) is 0.803. The van der Waals surface area contributed by atoms with Gasteiger partial charge >= 0.3 is 0 Å². The SMILES string of the molecule is CC.CCC/C=C/C1=NCCS1. The smallest absolute Gasteiger partial charge is 0.0902 e. The lowest BCUT2D eigenvalue weighted by molar-refractivity contribution is 0.959. The molecule has 1 aliphatic rings. The summed E-state index contributed by atoms with van der Waals surface area (Å²) in [7, 11) is 0. The van der Waals surface area contributed by atoms with Gasteiger partial charge in [0.05, 0.1) is 5.04 Å². The molecule has 1 heterocycles. The number of nitrogens with zero attached hydrogens (tertiary/aromatic N) is 1. The lowest BCUT2D eigenvalue weighted by Crippen LogP contribution is -1.77. The lowest BCUT2D eigenvalue weighted by atomic mass is 10.3. The molecule has 0 aromatic heterocycles. The first kappa shape index (κ1) is 11.8. The lowest BCUT2D eigenvalue weighted by Gasteiger charge is -1.86. The van der Waals surface area contributed by atoms with Crippen molar-refractivity contribution in [3.8, 4) is 0 Å². The molecule has 1 aliphatic heterocycles. The van der Waals surface area contributed by atoms with Gasteiger partial charge in [-0.1, -0.05) is 33.3 Å². The van der Waals surface area contributed by atoms with E-state index in [1.807, 2.05) is 25.6 Å². The molecule has 0 spiro atoms. The van der Waals surface area contributed by atoms with Gasteiger partial charge in [0.15, 0.2) is 0 Å². The summed E-state index contributed by atoms with van der Waals surface area (Å²) >= 11 is 1.86. The second-order valence-corrected chi connectivity index (χ2v) is 3.37. The van der Waals surface area contributed by atoms with Crippen LogP contribution in [0.4, 0.5) is 0 Å². The Hall–Kier alpha value is -0.240. The van der Waals surface area contributed by atoms with E-state index < -0.39 is 0 Å². The molecule has 2 heteroatoms. The maximum absolute atomic E-state index is 4.30. The summed E-state index contributed by atoms with van der Waals surface area (Å²) in [6.45, 7) is 7.20. The molecule has 0 saturated heterocycles. The van der Waals surface area contributed by atoms with Crippen LogP contribution in [0.1, 0.15) is 33.6 Å². The van der Waals surface area contributed by atoms with Crippen LogP contribution in [0.15, 0.2) is 17.1 Å². The molecule has 0 aromatic carbocycles. The van der Waals surface area contributed by atoms with E-state index in [1.54, 1.807) is 0 Å². The molecule has 0 amide bonds. The van der Waals surface area contributed by atoms with Crippen LogP contribution in [0.2, 0.25) is 0 Å². The number of hydrogen-bond donors (Lipinski definition) is 0. The first-order chi connectivity index (χ1) is 5.93. The zero-order valence-electron chi connectivity index (χ0n) is 8.34. The van der Waals surface area contributed by atoms with E-state index in [0.29, 0.717) is 0 Å². The van der Waals surface area contributed by atoms with E-state index in [-0.39, 0.29) is 0 Å². The molecule has 0 aromatic rings. The van der Waals surface area contributed by atoms with E-state index in [0.717, 1.165) is 6.54 Å². The molecule has 0 atom stereocenters. The van der Waals surface area contributed by atoms with Gasteiger partial charge in [0.1, 0.15) is 0 Å². The third-order valence-corrected chi connectivity index (χ3v) is 2.27. The van der Waals surface area contributed by atoms with Crippen molar-refractivity contribution < 1.29 is 0 Å². The Morgan fingerprint density at radius 2 is 2.25 bits per heavy atom. The first-order valence-electron chi connectivity index (χ1n) is 4.77. The second-order valence-electron chi connectivity index (χ2n) is 2.26. The molecular weight excluding hydrogens is 166 g/mol. The van der Waals surface area contributed by atoms with E-state index in [9.17, 15) is 0 Å². The van der Waals surface area contributed by atoms with Gasteiger partial charge in [0.25, 0.3) is 0 Å². The van der Waals surface area contributed by atoms with Crippen LogP contribution in [-0.4, -0.2) is 17.3 Å². The minimum absolute atomic E-state index is 1.01. The number of allylic oxidation sites excluding steroid dienone is 1. The fraction of sp³-hybridized carbons (Fsp3) is 0.700. The molecule has 0 radical (unpaired) electrons. The largest absolute Gasteiger partial charge is 0.278 e. The number of rotatable bonds is 3. The van der Waals surface area contributed by atoms with Crippen LogP contribution in [0, 0.1) is 0 Å². The molecule has 0 saturated carbocycles. The number of hydrogen-bond acceptors (Lipinski definition) is 2. The third-order valence-electron chi connectivity index (χ3n) is 1.32. The summed E-state index contributed by atoms with van der Waals surface area (Å²) in [6.07, 6.45) is 6.76. The van der Waals surface area contributed by atoms with E-state index in [2.05, 4.69) is 24.1 Å². The average molecular weight is 185 g/mol. The van der Waals surface area contributed by atoms with Crippen LogP contribution in [-0.2, 0) is 0 Å². The van der Waals surface area contributed by atoms with Gasteiger partial charge in [-0.2, -0.15) is 0 Å². The summed E-state index contributed by atoms with van der Waals surface area (Å²) in [5.41, 5.74) is 0. The summed E-state index contributed by atoms with van der Waals surface area (Å²) in [4.78, 5) is 4.30. The summed E-state index contributed by atoms with van der Waals surface area (Å²) < 4.78 is 0. The van der Waals surface area contributed by atoms with Crippen molar-refractivity contribution in [1.29, 1.82) is 0 Å². The van der Waals surface area contributed by atoms with Crippen LogP contribution in [0.5, 0.6) is 0 Å². The second kappa shape index (κ2) is 8.85. The summed E-state index contributed by atoms with van der Waals surface area (Å²) in [5.74, 6) is 1.17. The van der Waals surface area contributed by atoms with Crippen molar-refractivity contribution in [3.05, 3.63) is 12.2 Å². The zero-order valence-corrected chi connectivity index (χ0v) is 9.16. The maximum Gasteiger partial charge on any atom is 0.0902 e. The monoisotopic (exact) mass is 185 g/mol. The molecule has 0 bridgehead atoms. The molecule has 70 valence electrons. The highest BCUT2D eigenvalue weighted by Gasteiger charge is 2.00. The van der Waals surface area contributed by atoms with Crippen molar-refractivity contribution in [2.45, 2.75) is 33.6 Å². The predicted molar refractivity (Wildman–Crippen MR) is 60.2 cm³/mol. The summed E-state index contributed by atoms with van der Waals surface area (Å²) in [5, 5.41) is 1.22. The Morgan fingerprint density at radius 1 is 1.50 bits per heavy atom. The minimum Gasteiger partial charge on any atom is -0.278 e. The van der Waals surface area contributed by atoms with Gasteiger partial charge in [-0.05, 0) is 12.5 Å². The molecule has 0 fully saturated rings. The van der Waals surface area contributed by atoms with Crippen molar-refractivity contribution in [1.82, 2.24) is 0 Å². The van der Waals surface area contributed by atoms with Gasteiger partial charge in [0.2, 0.25) is 0 Å². The number of aliphatic imine (C=N–C) groups is 1. The van der Waals surface area contributed by atoms with Crippen molar-refractivity contribution in [2.75, 3.05) is 12.3 Å². The van der Waals surface area contributed by atoms with Gasteiger partial charge in [-0.25, -0.2) is 0 Å². The van der Waals surface area contributed by atoms with Gasteiger partial charge < -0.3 is 0 Å². The quantitative estimate of drug-likeness (QED) is 0.655. The number of unbranched alkanes of at least 4 members (excludes halogenated alkanes) is 1. The Bertz CT molecular complexity index is 150. The van der Waals surface area contributed by atoms with E-state index in [1.165, 1.54) is 23.6 Å². The minimum atomic E-state index is 1.01. The molecule has 12 heavy (non-hydrogen) atoms. The average Bonchev–Trinajstić information content (AvgIpc) is 2.61. The van der Waals surface area contributed by atoms with Crippen molar-refractivity contribution in [3.63, 3.8) is 0 Å². The Balaban J connectivity index is 0.000000561. The molecular formula is C10H19NS. The van der Waals surface area contributed by atoms with Gasteiger partial charge in [-0.15, -0.1) is 11.8 Å². The molecule has 0 N–H and O–H groups in total. The third kappa shape index (κ3) is 5.42. The predicted octanol–water partition coefficient (Wildman–Crippen LogP) is 3.51. The van der Waals surface area contributed by atoms with Gasteiger partial charge in [-0.3, -0.25) is 4.99 Å². The normalized spacial score (nSPS) is 15.8. The van der Waals surface area contributed by atoms with E-state index >= 15 is 0 Å². The zero-order chi connectivity index (χ0) is 9.23. The van der Waals surface area contributed by atoms with Gasteiger partial charge in [0, 0.05) is 12.3 Å². The fourth-order valence-corrected chi connectivity index (χ4v) is 1.57. The van der Waals surface area contributed by atoms with Crippen molar-refractivity contribution >= 4 is 16.8 Å². The van der Waals surface area contributed by atoms with Crippen LogP contribution >= 0.6 is 11.8 Å². The molecule has 0 aliphatic carbocycles. The maximum atomic E-state index is 4.30. The van der Waals surface area contributed by atoms with E-state index in [4.69, 9.17) is 0 Å². The first-order valence-corrected chi connectivity index (χ1v) is 5.76. The van der Waals surface area contributed by atoms with Crippen LogP contribution < -0.4 is 0 Å². The van der Waals surface area contributed by atoms with Crippen LogP contribution in [0.3, 0.4) is 0 Å². The topological polar surface area (TPSA) is 12.4 Å². The highest BCUT2D eigenvalue weighted by molar-refractivity contribution is 8.14. The number of thioether (sulfide) groups is 1. The van der Waals surface area contributed by atoms with Crippen LogP contribution in [0.25, 0.3) is 0 Å². The Kier molecular flexibility index (Phi) is 8.68. The summed E-state index contributed by atoms with van der Waals surface area (Å²) in [6, 6.07) is 0. The Labute approximate surface area is 80.4 Å². The molecule has 0 unspecified atom stereocenters. The molecule has 1 rings (SSSR count). The van der Waals surface area contributed by atoms with Crippen molar-refractivity contribution in [2.24, 2.45) is 4.99 Å². The highest BCUT2D eigenvalue weighted by Crippen LogP contribution is 2.12. The molecule has 1 nitrogen and oxygen atoms in total.